The lowest BCUT2D eigenvalue weighted by Gasteiger charge is -2.39. The van der Waals surface area contributed by atoms with Crippen LogP contribution in [0.3, 0.4) is 0 Å². The van der Waals surface area contributed by atoms with E-state index in [0.29, 0.717) is 13.1 Å². The lowest BCUT2D eigenvalue weighted by Crippen LogP contribution is -2.29. The van der Waals surface area contributed by atoms with E-state index in [4.69, 9.17) is 16.2 Å². The van der Waals surface area contributed by atoms with E-state index in [-0.39, 0.29) is 16.2 Å². The van der Waals surface area contributed by atoms with Crippen LogP contribution in [0.25, 0.3) is 0 Å². The summed E-state index contributed by atoms with van der Waals surface area (Å²) in [5.41, 5.74) is 19.5. The molecular formula is C27H40N2O. The van der Waals surface area contributed by atoms with Gasteiger partial charge in [0.1, 0.15) is 11.5 Å². The molecule has 3 nitrogen and oxygen atoms in total. The van der Waals surface area contributed by atoms with Crippen molar-refractivity contribution < 1.29 is 4.74 Å². The molecule has 2 aromatic carbocycles. The minimum absolute atomic E-state index is 0.0622. The molecule has 164 valence electrons. The molecule has 30 heavy (non-hydrogen) atoms. The van der Waals surface area contributed by atoms with Crippen LogP contribution in [-0.2, 0) is 29.1 Å². The normalized spacial score (nSPS) is 15.4. The first-order chi connectivity index (χ1) is 13.8. The van der Waals surface area contributed by atoms with Gasteiger partial charge in [-0.05, 0) is 59.0 Å². The van der Waals surface area contributed by atoms with Crippen molar-refractivity contribution in [1.29, 1.82) is 0 Å². The van der Waals surface area contributed by atoms with Crippen LogP contribution < -0.4 is 16.2 Å². The molecule has 1 aliphatic rings. The lowest BCUT2D eigenvalue weighted by molar-refractivity contribution is 0.405. The zero-order valence-corrected chi connectivity index (χ0v) is 20.2. The van der Waals surface area contributed by atoms with E-state index in [1.165, 1.54) is 33.4 Å². The Bertz CT molecular complexity index is 867. The summed E-state index contributed by atoms with van der Waals surface area (Å²) in [5, 5.41) is 0. The Hall–Kier alpha value is -1.84. The van der Waals surface area contributed by atoms with Gasteiger partial charge in [-0.3, -0.25) is 0 Å². The molecule has 0 bridgehead atoms. The molecule has 0 saturated heterocycles. The highest BCUT2D eigenvalue weighted by Gasteiger charge is 2.38. The van der Waals surface area contributed by atoms with Gasteiger partial charge in [-0.1, -0.05) is 79.7 Å². The second-order valence-electron chi connectivity index (χ2n) is 11.3. The van der Waals surface area contributed by atoms with Crippen LogP contribution in [0.4, 0.5) is 0 Å². The van der Waals surface area contributed by atoms with Gasteiger partial charge >= 0.3 is 0 Å². The van der Waals surface area contributed by atoms with Crippen molar-refractivity contribution in [3.05, 3.63) is 57.6 Å². The molecule has 0 saturated carbocycles. The molecule has 4 N–H and O–H groups in total. The van der Waals surface area contributed by atoms with E-state index in [1.807, 2.05) is 0 Å². The molecule has 0 unspecified atom stereocenters. The van der Waals surface area contributed by atoms with Crippen LogP contribution in [0.2, 0.25) is 0 Å². The van der Waals surface area contributed by atoms with E-state index < -0.39 is 0 Å². The summed E-state index contributed by atoms with van der Waals surface area (Å²) < 4.78 is 6.70. The molecule has 0 aliphatic carbocycles. The molecule has 3 heteroatoms. The van der Waals surface area contributed by atoms with Crippen molar-refractivity contribution in [2.45, 2.75) is 84.5 Å². The molecule has 0 atom stereocenters. The average molecular weight is 409 g/mol. The summed E-state index contributed by atoms with van der Waals surface area (Å²) in [5.74, 6) is 1.99. The zero-order chi connectivity index (χ0) is 22.5. The maximum Gasteiger partial charge on any atom is 0.134 e. The Morgan fingerprint density at radius 1 is 0.700 bits per heavy atom. The molecule has 0 fully saturated rings. The summed E-state index contributed by atoms with van der Waals surface area (Å²) in [7, 11) is 0. The smallest absolute Gasteiger partial charge is 0.134 e. The summed E-state index contributed by atoms with van der Waals surface area (Å²) in [4.78, 5) is 0. The Kier molecular flexibility index (Phi) is 5.85. The number of hydrogen-bond acceptors (Lipinski definition) is 3. The maximum absolute atomic E-state index is 6.70. The van der Waals surface area contributed by atoms with Crippen molar-refractivity contribution >= 4 is 0 Å². The van der Waals surface area contributed by atoms with Gasteiger partial charge in [0.25, 0.3) is 0 Å². The van der Waals surface area contributed by atoms with E-state index in [1.54, 1.807) is 0 Å². The average Bonchev–Trinajstić information content (AvgIpc) is 2.61. The van der Waals surface area contributed by atoms with Crippen LogP contribution in [0.15, 0.2) is 24.3 Å². The first kappa shape index (κ1) is 22.8. The first-order valence-electron chi connectivity index (χ1n) is 11.2. The van der Waals surface area contributed by atoms with Crippen LogP contribution in [0.1, 0.15) is 88.8 Å². The number of nitrogens with two attached hydrogens (primary N) is 2. The molecule has 0 spiro atoms. The third-order valence-corrected chi connectivity index (χ3v) is 6.44. The van der Waals surface area contributed by atoms with Crippen LogP contribution in [-0.4, -0.2) is 13.1 Å². The number of fused-ring (bicyclic) bond motifs is 2. The predicted octanol–water partition coefficient (Wildman–Crippen LogP) is 5.72. The van der Waals surface area contributed by atoms with Crippen LogP contribution in [0.5, 0.6) is 11.5 Å². The Labute approximate surface area is 183 Å². The minimum Gasteiger partial charge on any atom is -0.456 e. The van der Waals surface area contributed by atoms with Gasteiger partial charge in [0, 0.05) is 16.5 Å². The maximum atomic E-state index is 6.70. The zero-order valence-electron chi connectivity index (χ0n) is 20.2. The Balaban J connectivity index is 2.32. The largest absolute Gasteiger partial charge is 0.456 e. The van der Waals surface area contributed by atoms with Crippen molar-refractivity contribution in [3.63, 3.8) is 0 Å². The van der Waals surface area contributed by atoms with Gasteiger partial charge in [-0.2, -0.15) is 0 Å². The minimum atomic E-state index is -0.169. The first-order valence-corrected chi connectivity index (χ1v) is 11.2. The highest BCUT2D eigenvalue weighted by molar-refractivity contribution is 5.64. The number of ether oxygens (including phenoxy) is 1. The van der Waals surface area contributed by atoms with Gasteiger partial charge in [-0.25, -0.2) is 0 Å². The Morgan fingerprint density at radius 3 is 1.37 bits per heavy atom. The van der Waals surface area contributed by atoms with E-state index >= 15 is 0 Å². The SMILES string of the molecule is CC(C)(C)c1cc(CCN)c2c(c1)C(C)(C)c1cc(C(C)(C)C)cc(CCN)c1O2. The van der Waals surface area contributed by atoms with Crippen molar-refractivity contribution in [1.82, 2.24) is 0 Å². The molecule has 2 aromatic rings. The Morgan fingerprint density at radius 2 is 1.07 bits per heavy atom. The van der Waals surface area contributed by atoms with Gasteiger partial charge in [0.2, 0.25) is 0 Å². The molecule has 1 heterocycles. The quantitative estimate of drug-likeness (QED) is 0.680. The van der Waals surface area contributed by atoms with E-state index in [2.05, 4.69) is 79.7 Å². The standard InChI is InChI=1S/C27H40N2O/c1-25(2,3)19-13-17(9-11-28)23-21(15-19)27(7,8)22-16-20(26(4,5)6)14-18(10-12-29)24(22)30-23/h13-16H,9-12,28-29H2,1-8H3. The third kappa shape index (κ3) is 4.02. The molecule has 0 radical (unpaired) electrons. The van der Waals surface area contributed by atoms with E-state index in [9.17, 15) is 0 Å². The number of hydrogen-bond donors (Lipinski definition) is 2. The molecule has 0 amide bonds. The predicted molar refractivity (Wildman–Crippen MR) is 128 cm³/mol. The summed E-state index contributed by atoms with van der Waals surface area (Å²) in [6.45, 7) is 19.5. The molecule has 3 rings (SSSR count). The van der Waals surface area contributed by atoms with E-state index in [0.717, 1.165) is 24.3 Å². The van der Waals surface area contributed by atoms with Gasteiger partial charge < -0.3 is 16.2 Å². The number of rotatable bonds is 4. The lowest BCUT2D eigenvalue weighted by atomic mass is 9.70. The number of benzene rings is 2. The summed E-state index contributed by atoms with van der Waals surface area (Å²) >= 11 is 0. The second kappa shape index (κ2) is 7.69. The van der Waals surface area contributed by atoms with Gasteiger partial charge in [-0.15, -0.1) is 0 Å². The van der Waals surface area contributed by atoms with Crippen LogP contribution in [0, 0.1) is 0 Å². The third-order valence-electron chi connectivity index (χ3n) is 6.44. The fourth-order valence-electron chi connectivity index (χ4n) is 4.34. The van der Waals surface area contributed by atoms with Crippen molar-refractivity contribution in [2.75, 3.05) is 13.1 Å². The van der Waals surface area contributed by atoms with Crippen molar-refractivity contribution in [3.8, 4) is 11.5 Å². The molecular weight excluding hydrogens is 368 g/mol. The highest BCUT2D eigenvalue weighted by atomic mass is 16.5. The van der Waals surface area contributed by atoms with Crippen molar-refractivity contribution in [2.24, 2.45) is 11.5 Å². The molecule has 0 aromatic heterocycles. The molecule has 1 aliphatic heterocycles. The van der Waals surface area contributed by atoms with Gasteiger partial charge in [0.15, 0.2) is 0 Å². The van der Waals surface area contributed by atoms with Crippen LogP contribution >= 0.6 is 0 Å². The topological polar surface area (TPSA) is 61.3 Å². The second-order valence-corrected chi connectivity index (χ2v) is 11.3. The fourth-order valence-corrected chi connectivity index (χ4v) is 4.34. The summed E-state index contributed by atoms with van der Waals surface area (Å²) in [6, 6.07) is 9.28. The monoisotopic (exact) mass is 408 g/mol. The fraction of sp³-hybridized carbons (Fsp3) is 0.556. The van der Waals surface area contributed by atoms with Gasteiger partial charge in [0.05, 0.1) is 0 Å². The highest BCUT2D eigenvalue weighted by Crippen LogP contribution is 2.52. The summed E-state index contributed by atoms with van der Waals surface area (Å²) in [6.07, 6.45) is 1.62.